The van der Waals surface area contributed by atoms with Crippen molar-refractivity contribution >= 4 is 33.4 Å². The van der Waals surface area contributed by atoms with E-state index in [1.165, 1.54) is 0 Å². The van der Waals surface area contributed by atoms with E-state index in [0.717, 1.165) is 4.57 Å². The first-order valence-corrected chi connectivity index (χ1v) is 8.44. The quantitative estimate of drug-likeness (QED) is 0.714. The van der Waals surface area contributed by atoms with Crippen LogP contribution >= 0.6 is 27.5 Å². The minimum absolute atomic E-state index is 0.154. The topological polar surface area (TPSA) is 57.2 Å². The van der Waals surface area contributed by atoms with Crippen molar-refractivity contribution in [3.8, 4) is 11.3 Å². The summed E-state index contributed by atoms with van der Waals surface area (Å²) in [5, 5.41) is 0.443. The summed E-state index contributed by atoms with van der Waals surface area (Å²) in [4.78, 5) is 11.4. The summed E-state index contributed by atoms with van der Waals surface area (Å²) in [5.41, 5.74) is 5.14. The molecular weight excluding hydrogens is 425 g/mol. The average Bonchev–Trinajstić information content (AvgIpc) is 2.78. The highest BCUT2D eigenvalue weighted by Crippen LogP contribution is 2.43. The second-order valence-electron chi connectivity index (χ2n) is 5.19. The van der Waals surface area contributed by atoms with Gasteiger partial charge in [-0.15, -0.1) is 0 Å². The van der Waals surface area contributed by atoms with Crippen LogP contribution in [0, 0.1) is 0 Å². The number of nitrogens with two attached hydrogens (primary N) is 1. The van der Waals surface area contributed by atoms with Gasteiger partial charge in [0.15, 0.2) is 0 Å². The summed E-state index contributed by atoms with van der Waals surface area (Å²) in [7, 11) is 0. The third kappa shape index (κ3) is 4.37. The van der Waals surface area contributed by atoms with Gasteiger partial charge >= 0.3 is 6.18 Å². The Bertz CT molecular complexity index is 773. The molecule has 0 spiro atoms. The van der Waals surface area contributed by atoms with Gasteiger partial charge in [-0.25, -0.2) is 0 Å². The van der Waals surface area contributed by atoms with E-state index in [2.05, 4.69) is 15.9 Å². The zero-order valence-electron chi connectivity index (χ0n) is 13.2. The molecule has 2 N–H and O–H groups in total. The highest BCUT2D eigenvalue weighted by atomic mass is 79.9. The first-order chi connectivity index (χ1) is 11.7. The molecule has 0 saturated carbocycles. The Labute approximate surface area is 155 Å². The van der Waals surface area contributed by atoms with Gasteiger partial charge in [0.25, 0.3) is 0 Å². The van der Waals surface area contributed by atoms with Crippen LogP contribution in [0.5, 0.6) is 0 Å². The lowest BCUT2D eigenvalue weighted by Gasteiger charge is -2.16. The number of rotatable bonds is 6. The number of ether oxygens (including phenoxy) is 1. The summed E-state index contributed by atoms with van der Waals surface area (Å²) < 4.78 is 46.8. The molecule has 4 nitrogen and oxygen atoms in total. The molecule has 1 amide bonds. The van der Waals surface area contributed by atoms with Crippen LogP contribution in [-0.4, -0.2) is 17.1 Å². The number of hydrogen-bond acceptors (Lipinski definition) is 2. The first-order valence-electron chi connectivity index (χ1n) is 7.26. The number of benzene rings is 1. The number of alkyl halides is 3. The smallest absolute Gasteiger partial charge is 0.369 e. The van der Waals surface area contributed by atoms with Crippen molar-refractivity contribution in [3.05, 3.63) is 45.0 Å². The summed E-state index contributed by atoms with van der Waals surface area (Å²) >= 11 is 8.85. The molecule has 136 valence electrons. The predicted octanol–water partition coefficient (Wildman–Crippen LogP) is 4.61. The maximum Gasteiger partial charge on any atom is 0.432 e. The molecule has 0 aliphatic rings. The summed E-state index contributed by atoms with van der Waals surface area (Å²) in [6, 6.07) is 6.28. The number of amides is 1. The molecule has 1 aromatic heterocycles. The molecule has 2 aromatic rings. The van der Waals surface area contributed by atoms with Gasteiger partial charge in [0.05, 0.1) is 16.6 Å². The van der Waals surface area contributed by atoms with E-state index in [0.29, 0.717) is 10.6 Å². The van der Waals surface area contributed by atoms with Crippen LogP contribution in [0.25, 0.3) is 11.3 Å². The zero-order chi connectivity index (χ0) is 18.8. The molecule has 25 heavy (non-hydrogen) atoms. The molecule has 0 aliphatic carbocycles. The van der Waals surface area contributed by atoms with E-state index in [9.17, 15) is 18.0 Å². The van der Waals surface area contributed by atoms with E-state index < -0.39 is 17.8 Å². The van der Waals surface area contributed by atoms with Crippen molar-refractivity contribution in [2.75, 3.05) is 6.61 Å². The van der Waals surface area contributed by atoms with Gasteiger partial charge < -0.3 is 15.0 Å². The molecular formula is C16H15BrClF3N2O2. The SMILES string of the molecule is CCOCn1c(-c2ccc(Cl)cc2)c(CC(N)=O)c(Br)c1C(F)(F)F. The van der Waals surface area contributed by atoms with E-state index in [-0.39, 0.29) is 35.5 Å². The zero-order valence-corrected chi connectivity index (χ0v) is 15.5. The second-order valence-corrected chi connectivity index (χ2v) is 6.42. The number of carbonyl (C=O) groups excluding carboxylic acids is 1. The van der Waals surface area contributed by atoms with Crippen molar-refractivity contribution < 1.29 is 22.7 Å². The van der Waals surface area contributed by atoms with Gasteiger partial charge in [-0.1, -0.05) is 23.7 Å². The number of nitrogens with zero attached hydrogens (tertiary/aromatic N) is 1. The second kappa shape index (κ2) is 7.80. The fourth-order valence-electron chi connectivity index (χ4n) is 2.50. The van der Waals surface area contributed by atoms with E-state index >= 15 is 0 Å². The van der Waals surface area contributed by atoms with Crippen molar-refractivity contribution in [2.24, 2.45) is 5.73 Å². The number of halogens is 5. The highest BCUT2D eigenvalue weighted by Gasteiger charge is 2.40. The fraction of sp³-hybridized carbons (Fsp3) is 0.312. The standard InChI is InChI=1S/C16H15BrClF3N2O2/c1-2-25-8-23-14(9-3-5-10(18)6-4-9)11(7-12(22)24)13(17)15(23)16(19,20)21/h3-6H,2,7-8H2,1H3,(H2,22,24). The van der Waals surface area contributed by atoms with Gasteiger partial charge in [-0.2, -0.15) is 13.2 Å². The Kier molecular flexibility index (Phi) is 6.18. The van der Waals surface area contributed by atoms with E-state index in [1.54, 1.807) is 31.2 Å². The Morgan fingerprint density at radius 2 is 1.92 bits per heavy atom. The van der Waals surface area contributed by atoms with E-state index in [1.807, 2.05) is 0 Å². The summed E-state index contributed by atoms with van der Waals surface area (Å²) in [6.45, 7) is 1.59. The first kappa shape index (κ1) is 19.8. The van der Waals surface area contributed by atoms with Crippen molar-refractivity contribution in [3.63, 3.8) is 0 Å². The average molecular weight is 440 g/mol. The lowest BCUT2D eigenvalue weighted by Crippen LogP contribution is -2.16. The minimum atomic E-state index is -4.65. The molecule has 9 heteroatoms. The molecule has 0 aliphatic heterocycles. The lowest BCUT2D eigenvalue weighted by molar-refractivity contribution is -0.146. The molecule has 0 unspecified atom stereocenters. The van der Waals surface area contributed by atoms with Crippen LogP contribution in [0.15, 0.2) is 28.7 Å². The Hall–Kier alpha value is -1.51. The van der Waals surface area contributed by atoms with Gasteiger partial charge in [-0.3, -0.25) is 4.79 Å². The predicted molar refractivity (Wildman–Crippen MR) is 92.1 cm³/mol. The molecule has 2 rings (SSSR count). The van der Waals surface area contributed by atoms with E-state index in [4.69, 9.17) is 22.1 Å². The van der Waals surface area contributed by atoms with Crippen LogP contribution in [0.2, 0.25) is 5.02 Å². The van der Waals surface area contributed by atoms with Crippen molar-refractivity contribution in [1.82, 2.24) is 4.57 Å². The van der Waals surface area contributed by atoms with Gasteiger partial charge in [0.1, 0.15) is 12.4 Å². The monoisotopic (exact) mass is 438 g/mol. The van der Waals surface area contributed by atoms with Crippen molar-refractivity contribution in [1.29, 1.82) is 0 Å². The summed E-state index contributed by atoms with van der Waals surface area (Å²) in [5.74, 6) is -0.738. The van der Waals surface area contributed by atoms with Gasteiger partial charge in [-0.05, 0) is 40.5 Å². The Morgan fingerprint density at radius 1 is 1.32 bits per heavy atom. The van der Waals surface area contributed by atoms with Gasteiger partial charge in [0, 0.05) is 17.2 Å². The van der Waals surface area contributed by atoms with Crippen LogP contribution in [-0.2, 0) is 28.9 Å². The molecule has 0 radical (unpaired) electrons. The Balaban J connectivity index is 2.79. The lowest BCUT2D eigenvalue weighted by atomic mass is 10.1. The van der Waals surface area contributed by atoms with Crippen LogP contribution in [0.3, 0.4) is 0 Å². The normalized spacial score (nSPS) is 11.8. The highest BCUT2D eigenvalue weighted by molar-refractivity contribution is 9.10. The molecule has 1 heterocycles. The fourth-order valence-corrected chi connectivity index (χ4v) is 3.40. The van der Waals surface area contributed by atoms with Crippen LogP contribution in [0.1, 0.15) is 18.2 Å². The number of primary amides is 1. The van der Waals surface area contributed by atoms with Crippen LogP contribution in [0.4, 0.5) is 13.2 Å². The number of carbonyl (C=O) groups is 1. The molecule has 0 atom stereocenters. The number of aromatic nitrogens is 1. The largest absolute Gasteiger partial charge is 0.432 e. The van der Waals surface area contributed by atoms with Gasteiger partial charge in [0.2, 0.25) is 5.91 Å². The Morgan fingerprint density at radius 3 is 2.40 bits per heavy atom. The molecule has 0 bridgehead atoms. The molecule has 0 fully saturated rings. The maximum absolute atomic E-state index is 13.6. The van der Waals surface area contributed by atoms with Crippen molar-refractivity contribution in [2.45, 2.75) is 26.3 Å². The van der Waals surface area contributed by atoms with Crippen LogP contribution < -0.4 is 5.73 Å². The maximum atomic E-state index is 13.6. The summed E-state index contributed by atoms with van der Waals surface area (Å²) in [6.07, 6.45) is -4.99. The number of hydrogen-bond donors (Lipinski definition) is 1. The third-order valence-electron chi connectivity index (χ3n) is 3.46. The minimum Gasteiger partial charge on any atom is -0.369 e. The molecule has 1 aromatic carbocycles. The third-order valence-corrected chi connectivity index (χ3v) is 4.57. The molecule has 0 saturated heterocycles.